The number of ether oxygens (including phenoxy) is 1. The topological polar surface area (TPSA) is 24.5 Å². The van der Waals surface area contributed by atoms with Crippen molar-refractivity contribution in [2.45, 2.75) is 78.0 Å². The van der Waals surface area contributed by atoms with Crippen LogP contribution in [-0.4, -0.2) is 48.8 Å². The van der Waals surface area contributed by atoms with Gasteiger partial charge >= 0.3 is 0 Å². The summed E-state index contributed by atoms with van der Waals surface area (Å²) in [6.07, 6.45) is 5.77. The van der Waals surface area contributed by atoms with Crippen LogP contribution in [0, 0.1) is 0 Å². The molecule has 1 rings (SSSR count). The monoisotopic (exact) mass is 270 g/mol. The summed E-state index contributed by atoms with van der Waals surface area (Å²) < 4.78 is 6.18. The van der Waals surface area contributed by atoms with Gasteiger partial charge < -0.3 is 15.0 Å². The quantitative estimate of drug-likeness (QED) is 0.733. The molecule has 1 aliphatic rings. The molecule has 19 heavy (non-hydrogen) atoms. The van der Waals surface area contributed by atoms with E-state index in [9.17, 15) is 0 Å². The van der Waals surface area contributed by atoms with Crippen LogP contribution < -0.4 is 5.32 Å². The fraction of sp³-hybridized carbons (Fsp3) is 1.00. The third-order valence-electron chi connectivity index (χ3n) is 3.60. The summed E-state index contributed by atoms with van der Waals surface area (Å²) in [6.45, 7) is 15.7. The zero-order chi connectivity index (χ0) is 14.3. The number of hydrogen-bond donors (Lipinski definition) is 1. The summed E-state index contributed by atoms with van der Waals surface area (Å²) in [5.41, 5.74) is 0.192. The van der Waals surface area contributed by atoms with Crippen LogP contribution in [0.2, 0.25) is 0 Å². The zero-order valence-electron chi connectivity index (χ0n) is 13.7. The van der Waals surface area contributed by atoms with Crippen LogP contribution in [0.25, 0.3) is 0 Å². The van der Waals surface area contributed by atoms with E-state index in [0.29, 0.717) is 12.2 Å². The molecule has 0 aromatic rings. The molecule has 114 valence electrons. The van der Waals surface area contributed by atoms with Gasteiger partial charge in [0.1, 0.15) is 0 Å². The van der Waals surface area contributed by atoms with E-state index >= 15 is 0 Å². The molecular formula is C16H34N2O. The van der Waals surface area contributed by atoms with Crippen molar-refractivity contribution in [3.05, 3.63) is 0 Å². The Morgan fingerprint density at radius 1 is 1.05 bits per heavy atom. The van der Waals surface area contributed by atoms with Gasteiger partial charge in [0.15, 0.2) is 0 Å². The van der Waals surface area contributed by atoms with E-state index in [4.69, 9.17) is 4.74 Å². The van der Waals surface area contributed by atoms with E-state index in [1.54, 1.807) is 0 Å². The van der Waals surface area contributed by atoms with Gasteiger partial charge in [0.2, 0.25) is 0 Å². The summed E-state index contributed by atoms with van der Waals surface area (Å²) in [5.74, 6) is 0. The molecule has 1 aliphatic heterocycles. The van der Waals surface area contributed by atoms with E-state index in [1.165, 1.54) is 38.8 Å². The van der Waals surface area contributed by atoms with Gasteiger partial charge in [-0.2, -0.15) is 0 Å². The van der Waals surface area contributed by atoms with Crippen LogP contribution in [0.1, 0.15) is 60.3 Å². The van der Waals surface area contributed by atoms with Crippen LogP contribution >= 0.6 is 0 Å². The maximum absolute atomic E-state index is 6.18. The Bertz CT molecular complexity index is 231. The zero-order valence-corrected chi connectivity index (χ0v) is 13.7. The Morgan fingerprint density at radius 3 is 2.16 bits per heavy atom. The summed E-state index contributed by atoms with van der Waals surface area (Å²) in [6, 6.07) is 0. The summed E-state index contributed by atoms with van der Waals surface area (Å²) in [5, 5.41) is 3.55. The van der Waals surface area contributed by atoms with Crippen LogP contribution in [0.5, 0.6) is 0 Å². The first-order chi connectivity index (χ1) is 8.94. The lowest BCUT2D eigenvalue weighted by atomic mass is 10.1. The molecule has 2 unspecified atom stereocenters. The van der Waals surface area contributed by atoms with Crippen molar-refractivity contribution in [1.82, 2.24) is 10.2 Å². The average Bonchev–Trinajstić information content (AvgIpc) is 2.74. The second-order valence-electron chi connectivity index (χ2n) is 6.89. The van der Waals surface area contributed by atoms with Crippen LogP contribution in [0.15, 0.2) is 0 Å². The average molecular weight is 270 g/mol. The third-order valence-corrected chi connectivity index (χ3v) is 3.60. The van der Waals surface area contributed by atoms with E-state index in [-0.39, 0.29) is 5.54 Å². The van der Waals surface area contributed by atoms with Gasteiger partial charge in [-0.3, -0.25) is 0 Å². The number of nitrogens with one attached hydrogen (secondary N) is 1. The van der Waals surface area contributed by atoms with E-state index < -0.39 is 0 Å². The predicted octanol–water partition coefficient (Wildman–Crippen LogP) is 3.04. The molecule has 0 amide bonds. The van der Waals surface area contributed by atoms with Crippen molar-refractivity contribution >= 4 is 0 Å². The lowest BCUT2D eigenvalue weighted by Crippen LogP contribution is -2.41. The molecule has 0 radical (unpaired) electrons. The molecule has 1 fully saturated rings. The first-order valence-electron chi connectivity index (χ1n) is 8.07. The summed E-state index contributed by atoms with van der Waals surface area (Å²) in [7, 11) is 0. The maximum atomic E-state index is 6.18. The van der Waals surface area contributed by atoms with Crippen molar-refractivity contribution in [3.8, 4) is 0 Å². The van der Waals surface area contributed by atoms with Crippen LogP contribution in [-0.2, 0) is 4.74 Å². The number of hydrogen-bond acceptors (Lipinski definition) is 3. The minimum absolute atomic E-state index is 0.192. The van der Waals surface area contributed by atoms with Gasteiger partial charge in [-0.15, -0.1) is 0 Å². The first kappa shape index (κ1) is 16.9. The maximum Gasteiger partial charge on any atom is 0.0707 e. The molecule has 1 saturated heterocycles. The van der Waals surface area contributed by atoms with Crippen molar-refractivity contribution in [3.63, 3.8) is 0 Å². The summed E-state index contributed by atoms with van der Waals surface area (Å²) in [4.78, 5) is 2.56. The van der Waals surface area contributed by atoms with Gasteiger partial charge in [-0.25, -0.2) is 0 Å². The normalized spacial score (nSPS) is 24.3. The van der Waals surface area contributed by atoms with Gasteiger partial charge in [-0.05, 0) is 59.5 Å². The van der Waals surface area contributed by atoms with Crippen LogP contribution in [0.3, 0.4) is 0 Å². The molecule has 1 heterocycles. The highest BCUT2D eigenvalue weighted by Gasteiger charge is 2.27. The van der Waals surface area contributed by atoms with E-state index in [0.717, 1.165) is 13.1 Å². The molecule has 3 heteroatoms. The lowest BCUT2D eigenvalue weighted by Gasteiger charge is -2.26. The molecule has 0 aromatic heterocycles. The lowest BCUT2D eigenvalue weighted by molar-refractivity contribution is 0.0208. The van der Waals surface area contributed by atoms with Crippen molar-refractivity contribution in [2.75, 3.05) is 26.2 Å². The molecule has 0 aliphatic carbocycles. The molecule has 2 atom stereocenters. The number of nitrogens with zero attached hydrogens (tertiary/aromatic N) is 1. The third kappa shape index (κ3) is 7.28. The Morgan fingerprint density at radius 2 is 1.63 bits per heavy atom. The minimum atomic E-state index is 0.192. The highest BCUT2D eigenvalue weighted by molar-refractivity contribution is 4.80. The molecule has 1 N–H and O–H groups in total. The molecule has 0 spiro atoms. The van der Waals surface area contributed by atoms with Crippen molar-refractivity contribution in [2.24, 2.45) is 0 Å². The summed E-state index contributed by atoms with van der Waals surface area (Å²) >= 11 is 0. The molecule has 0 aromatic carbocycles. The Hall–Kier alpha value is -0.120. The standard InChI is InChI=1S/C16H34N2O/c1-6-10-18(11-7-2)13-15-9-8-14(19-15)12-17-16(3,4)5/h14-15,17H,6-13H2,1-5H3. The number of rotatable bonds is 8. The largest absolute Gasteiger partial charge is 0.372 e. The smallest absolute Gasteiger partial charge is 0.0707 e. The highest BCUT2D eigenvalue weighted by atomic mass is 16.5. The van der Waals surface area contributed by atoms with Gasteiger partial charge in [0.05, 0.1) is 12.2 Å². The Labute approximate surface area is 120 Å². The molecule has 0 saturated carbocycles. The predicted molar refractivity (Wildman–Crippen MR) is 82.7 cm³/mol. The van der Waals surface area contributed by atoms with Gasteiger partial charge in [-0.1, -0.05) is 13.8 Å². The van der Waals surface area contributed by atoms with Crippen molar-refractivity contribution < 1.29 is 4.74 Å². The first-order valence-corrected chi connectivity index (χ1v) is 8.07. The highest BCUT2D eigenvalue weighted by Crippen LogP contribution is 2.21. The van der Waals surface area contributed by atoms with Crippen LogP contribution in [0.4, 0.5) is 0 Å². The van der Waals surface area contributed by atoms with Gasteiger partial charge in [0, 0.05) is 18.6 Å². The fourth-order valence-corrected chi connectivity index (χ4v) is 2.70. The second-order valence-corrected chi connectivity index (χ2v) is 6.89. The molecular weight excluding hydrogens is 236 g/mol. The molecule has 3 nitrogen and oxygen atoms in total. The second kappa shape index (κ2) is 8.23. The molecule has 0 bridgehead atoms. The van der Waals surface area contributed by atoms with Crippen molar-refractivity contribution in [1.29, 1.82) is 0 Å². The fourth-order valence-electron chi connectivity index (χ4n) is 2.70. The SMILES string of the molecule is CCCN(CCC)CC1CCC(CNC(C)(C)C)O1. The van der Waals surface area contributed by atoms with E-state index in [1.807, 2.05) is 0 Å². The van der Waals surface area contributed by atoms with E-state index in [2.05, 4.69) is 44.8 Å². The van der Waals surface area contributed by atoms with Gasteiger partial charge in [0.25, 0.3) is 0 Å². The Balaban J connectivity index is 2.26. The Kier molecular flexibility index (Phi) is 7.33. The minimum Gasteiger partial charge on any atom is -0.372 e.